The second-order valence-electron chi connectivity index (χ2n) is 4.04. The maximum absolute atomic E-state index is 13.1. The first kappa shape index (κ1) is 13.3. The molecule has 0 unspecified atom stereocenters. The van der Waals surface area contributed by atoms with Gasteiger partial charge in [0.2, 0.25) is 0 Å². The van der Waals surface area contributed by atoms with Crippen molar-refractivity contribution >= 4 is 11.5 Å². The van der Waals surface area contributed by atoms with Crippen molar-refractivity contribution in [3.05, 3.63) is 53.5 Å². The number of aryl methyl sites for hydroxylation is 1. The van der Waals surface area contributed by atoms with Crippen molar-refractivity contribution in [3.8, 4) is 0 Å². The Labute approximate surface area is 107 Å². The highest BCUT2D eigenvalue weighted by Gasteiger charge is 2.34. The van der Waals surface area contributed by atoms with Gasteiger partial charge < -0.3 is 5.32 Å². The number of alkyl halides is 3. The van der Waals surface area contributed by atoms with Crippen LogP contribution in [0.15, 0.2) is 36.5 Å². The van der Waals surface area contributed by atoms with Crippen LogP contribution in [-0.4, -0.2) is 4.98 Å². The lowest BCUT2D eigenvalue weighted by Crippen LogP contribution is -2.08. The summed E-state index contributed by atoms with van der Waals surface area (Å²) in [6.07, 6.45) is -3.19. The molecule has 2 aromatic rings. The lowest BCUT2D eigenvalue weighted by molar-refractivity contribution is -0.139. The van der Waals surface area contributed by atoms with Crippen molar-refractivity contribution in [1.29, 1.82) is 0 Å². The summed E-state index contributed by atoms with van der Waals surface area (Å²) in [5, 5.41) is 2.71. The van der Waals surface area contributed by atoms with Crippen LogP contribution >= 0.6 is 0 Å². The molecule has 1 N–H and O–H groups in total. The normalized spacial score (nSPS) is 11.4. The van der Waals surface area contributed by atoms with E-state index in [2.05, 4.69) is 10.3 Å². The van der Waals surface area contributed by atoms with Crippen LogP contribution in [-0.2, 0) is 6.18 Å². The van der Waals surface area contributed by atoms with E-state index in [-0.39, 0.29) is 5.69 Å². The van der Waals surface area contributed by atoms with Gasteiger partial charge in [-0.2, -0.15) is 13.2 Å². The standard InChI is InChI=1S/C13H10F4N2/c1-8-4-5-18-12(6-8)19-9-2-3-11(14)10(7-9)13(15,16)17/h2-7H,1H3,(H,18,19). The fourth-order valence-electron chi connectivity index (χ4n) is 1.57. The van der Waals surface area contributed by atoms with E-state index in [1.807, 2.05) is 6.92 Å². The first-order chi connectivity index (χ1) is 8.86. The van der Waals surface area contributed by atoms with Crippen LogP contribution in [0.4, 0.5) is 29.1 Å². The Hall–Kier alpha value is -2.11. The Morgan fingerprint density at radius 1 is 1.11 bits per heavy atom. The molecule has 0 aliphatic carbocycles. The molecule has 0 saturated carbocycles. The van der Waals surface area contributed by atoms with Crippen molar-refractivity contribution in [3.63, 3.8) is 0 Å². The number of benzene rings is 1. The molecule has 100 valence electrons. The summed E-state index contributed by atoms with van der Waals surface area (Å²) in [4.78, 5) is 3.96. The minimum Gasteiger partial charge on any atom is -0.340 e. The molecule has 0 saturated heterocycles. The molecule has 0 amide bonds. The van der Waals surface area contributed by atoms with E-state index in [4.69, 9.17) is 0 Å². The molecule has 2 rings (SSSR count). The predicted molar refractivity (Wildman–Crippen MR) is 63.7 cm³/mol. The van der Waals surface area contributed by atoms with Gasteiger partial charge in [0.05, 0.1) is 5.56 Å². The molecule has 0 radical (unpaired) electrons. The maximum Gasteiger partial charge on any atom is 0.419 e. The van der Waals surface area contributed by atoms with Crippen LogP contribution in [0.25, 0.3) is 0 Å². The maximum atomic E-state index is 13.1. The van der Waals surface area contributed by atoms with Gasteiger partial charge in [-0.3, -0.25) is 0 Å². The number of nitrogens with one attached hydrogen (secondary N) is 1. The van der Waals surface area contributed by atoms with Crippen LogP contribution < -0.4 is 5.32 Å². The van der Waals surface area contributed by atoms with E-state index in [1.54, 1.807) is 12.1 Å². The van der Waals surface area contributed by atoms with Gasteiger partial charge in [0.1, 0.15) is 11.6 Å². The number of pyridine rings is 1. The molecule has 0 spiro atoms. The third-order valence-corrected chi connectivity index (χ3v) is 2.46. The molecule has 0 aliphatic heterocycles. The highest BCUT2D eigenvalue weighted by molar-refractivity contribution is 5.57. The summed E-state index contributed by atoms with van der Waals surface area (Å²) in [7, 11) is 0. The van der Waals surface area contributed by atoms with Gasteiger partial charge in [-0.1, -0.05) is 0 Å². The van der Waals surface area contributed by atoms with Crippen LogP contribution in [0.1, 0.15) is 11.1 Å². The molecule has 0 aliphatic rings. The predicted octanol–water partition coefficient (Wildman–Crippen LogP) is 4.29. The quantitative estimate of drug-likeness (QED) is 0.823. The van der Waals surface area contributed by atoms with E-state index in [1.165, 1.54) is 12.3 Å². The zero-order valence-corrected chi connectivity index (χ0v) is 9.92. The molecule has 1 aromatic heterocycles. The molecule has 6 heteroatoms. The number of hydrogen-bond acceptors (Lipinski definition) is 2. The molecule has 1 aromatic carbocycles. The van der Waals surface area contributed by atoms with Gasteiger partial charge in [0.25, 0.3) is 0 Å². The summed E-state index contributed by atoms with van der Waals surface area (Å²) >= 11 is 0. The van der Waals surface area contributed by atoms with Gasteiger partial charge in [-0.05, 0) is 42.8 Å². The van der Waals surface area contributed by atoms with Crippen molar-refractivity contribution in [2.45, 2.75) is 13.1 Å². The average Bonchev–Trinajstić information content (AvgIpc) is 2.30. The third kappa shape index (κ3) is 3.21. The molecule has 0 bridgehead atoms. The molecule has 2 nitrogen and oxygen atoms in total. The third-order valence-electron chi connectivity index (χ3n) is 2.46. The minimum atomic E-state index is -4.72. The Morgan fingerprint density at radius 2 is 1.84 bits per heavy atom. The minimum absolute atomic E-state index is 0.131. The highest BCUT2D eigenvalue weighted by atomic mass is 19.4. The number of anilines is 2. The van der Waals surface area contributed by atoms with Crippen molar-refractivity contribution in [2.24, 2.45) is 0 Å². The molecular formula is C13H10F4N2. The SMILES string of the molecule is Cc1ccnc(Nc2ccc(F)c(C(F)(F)F)c2)c1. The average molecular weight is 270 g/mol. The number of aromatic nitrogens is 1. The van der Waals surface area contributed by atoms with Crippen LogP contribution in [0.2, 0.25) is 0 Å². The number of nitrogens with zero attached hydrogens (tertiary/aromatic N) is 1. The van der Waals surface area contributed by atoms with E-state index in [0.717, 1.165) is 17.7 Å². The Bertz CT molecular complexity index is 593. The lowest BCUT2D eigenvalue weighted by Gasteiger charge is -2.11. The molecular weight excluding hydrogens is 260 g/mol. The van der Waals surface area contributed by atoms with Crippen molar-refractivity contribution in [1.82, 2.24) is 4.98 Å². The van der Waals surface area contributed by atoms with Crippen molar-refractivity contribution in [2.75, 3.05) is 5.32 Å². The van der Waals surface area contributed by atoms with Gasteiger partial charge in [0, 0.05) is 11.9 Å². The van der Waals surface area contributed by atoms with Gasteiger partial charge in [-0.15, -0.1) is 0 Å². The largest absolute Gasteiger partial charge is 0.419 e. The topological polar surface area (TPSA) is 24.9 Å². The number of halogens is 4. The summed E-state index contributed by atoms with van der Waals surface area (Å²) in [5.41, 5.74) is -0.257. The first-order valence-corrected chi connectivity index (χ1v) is 5.43. The molecule has 19 heavy (non-hydrogen) atoms. The smallest absolute Gasteiger partial charge is 0.340 e. The lowest BCUT2D eigenvalue weighted by atomic mass is 10.1. The van der Waals surface area contributed by atoms with E-state index >= 15 is 0 Å². The monoisotopic (exact) mass is 270 g/mol. The number of hydrogen-bond donors (Lipinski definition) is 1. The Morgan fingerprint density at radius 3 is 2.47 bits per heavy atom. The van der Waals surface area contributed by atoms with E-state index in [9.17, 15) is 17.6 Å². The second-order valence-corrected chi connectivity index (χ2v) is 4.04. The Kier molecular flexibility index (Phi) is 3.42. The van der Waals surface area contributed by atoms with E-state index < -0.39 is 17.6 Å². The second kappa shape index (κ2) is 4.87. The molecule has 0 fully saturated rings. The molecule has 0 atom stereocenters. The zero-order chi connectivity index (χ0) is 14.0. The van der Waals surface area contributed by atoms with Crippen molar-refractivity contribution < 1.29 is 17.6 Å². The summed E-state index contributed by atoms with van der Waals surface area (Å²) in [5.74, 6) is -0.894. The first-order valence-electron chi connectivity index (χ1n) is 5.43. The summed E-state index contributed by atoms with van der Waals surface area (Å²) < 4.78 is 50.7. The fraction of sp³-hybridized carbons (Fsp3) is 0.154. The summed E-state index contributed by atoms with van der Waals surface area (Å²) in [6, 6.07) is 6.17. The van der Waals surface area contributed by atoms with Gasteiger partial charge in [0.15, 0.2) is 0 Å². The zero-order valence-electron chi connectivity index (χ0n) is 9.92. The summed E-state index contributed by atoms with van der Waals surface area (Å²) in [6.45, 7) is 1.83. The Balaban J connectivity index is 2.32. The van der Waals surface area contributed by atoms with Crippen LogP contribution in [0.3, 0.4) is 0 Å². The fourth-order valence-corrected chi connectivity index (χ4v) is 1.57. The molecule has 1 heterocycles. The van der Waals surface area contributed by atoms with Gasteiger partial charge in [-0.25, -0.2) is 9.37 Å². The van der Waals surface area contributed by atoms with Gasteiger partial charge >= 0.3 is 6.18 Å². The number of rotatable bonds is 2. The van der Waals surface area contributed by atoms with E-state index in [0.29, 0.717) is 5.82 Å². The van der Waals surface area contributed by atoms with Crippen LogP contribution in [0.5, 0.6) is 0 Å². The highest BCUT2D eigenvalue weighted by Crippen LogP contribution is 2.33. The van der Waals surface area contributed by atoms with Crippen LogP contribution in [0, 0.1) is 12.7 Å².